The van der Waals surface area contributed by atoms with Crippen LogP contribution in [0.5, 0.6) is 0 Å². The van der Waals surface area contributed by atoms with Gasteiger partial charge in [0.05, 0.1) is 10.7 Å². The molecule has 2 heterocycles. The van der Waals surface area contributed by atoms with Crippen LogP contribution >= 0.6 is 11.8 Å². The zero-order valence-corrected chi connectivity index (χ0v) is 17.8. The summed E-state index contributed by atoms with van der Waals surface area (Å²) in [4.78, 5) is 26.9. The minimum atomic E-state index is -0.487. The standard InChI is InChI=1S/C22H18N6O3S/c1-15-4-8-18(9-5-15)27-21(16-3-2-12-23-13-16)25-26-22(27)32-14-20(29)24-17-6-10-19(11-7-17)28(30)31/h2-13H,14H2,1H3,(H,24,29). The highest BCUT2D eigenvalue weighted by Crippen LogP contribution is 2.28. The summed E-state index contributed by atoms with van der Waals surface area (Å²) < 4.78 is 1.89. The highest BCUT2D eigenvalue weighted by atomic mass is 32.2. The average molecular weight is 446 g/mol. The van der Waals surface area contributed by atoms with Crippen LogP contribution in [-0.4, -0.2) is 36.3 Å². The molecule has 0 radical (unpaired) electrons. The topological polar surface area (TPSA) is 116 Å². The van der Waals surface area contributed by atoms with E-state index in [9.17, 15) is 14.9 Å². The number of hydrogen-bond donors (Lipinski definition) is 1. The smallest absolute Gasteiger partial charge is 0.269 e. The van der Waals surface area contributed by atoms with Gasteiger partial charge >= 0.3 is 0 Å². The lowest BCUT2D eigenvalue weighted by Gasteiger charge is -2.11. The first-order valence-electron chi connectivity index (χ1n) is 9.61. The second-order valence-electron chi connectivity index (χ2n) is 6.86. The lowest BCUT2D eigenvalue weighted by Crippen LogP contribution is -2.14. The number of amides is 1. The van der Waals surface area contributed by atoms with Gasteiger partial charge in [-0.15, -0.1) is 10.2 Å². The maximum atomic E-state index is 12.4. The molecule has 0 unspecified atom stereocenters. The highest BCUT2D eigenvalue weighted by molar-refractivity contribution is 7.99. The number of benzene rings is 2. The molecule has 4 rings (SSSR count). The molecule has 0 fully saturated rings. The molecular weight excluding hydrogens is 428 g/mol. The number of non-ortho nitro benzene ring substituents is 1. The lowest BCUT2D eigenvalue weighted by molar-refractivity contribution is -0.384. The van der Waals surface area contributed by atoms with Crippen LogP contribution in [0.4, 0.5) is 11.4 Å². The monoisotopic (exact) mass is 446 g/mol. The third-order valence-electron chi connectivity index (χ3n) is 4.54. The average Bonchev–Trinajstić information content (AvgIpc) is 3.23. The summed E-state index contributed by atoms with van der Waals surface area (Å²) in [6, 6.07) is 17.3. The molecule has 2 aromatic heterocycles. The minimum absolute atomic E-state index is 0.0356. The molecule has 0 aliphatic carbocycles. The molecule has 160 valence electrons. The van der Waals surface area contributed by atoms with Crippen LogP contribution in [0.3, 0.4) is 0 Å². The van der Waals surface area contributed by atoms with Gasteiger partial charge in [-0.1, -0.05) is 29.5 Å². The van der Waals surface area contributed by atoms with Gasteiger partial charge in [0.2, 0.25) is 5.91 Å². The summed E-state index contributed by atoms with van der Waals surface area (Å²) in [5, 5.41) is 22.7. The Labute approximate surface area is 187 Å². The number of hydrogen-bond acceptors (Lipinski definition) is 7. The van der Waals surface area contributed by atoms with Crippen LogP contribution in [-0.2, 0) is 4.79 Å². The first-order valence-corrected chi connectivity index (χ1v) is 10.6. The van der Waals surface area contributed by atoms with Gasteiger partial charge in [0.25, 0.3) is 5.69 Å². The molecule has 0 atom stereocenters. The van der Waals surface area contributed by atoms with E-state index in [-0.39, 0.29) is 17.3 Å². The fourth-order valence-electron chi connectivity index (χ4n) is 2.97. The quantitative estimate of drug-likeness (QED) is 0.256. The zero-order valence-electron chi connectivity index (χ0n) is 17.0. The van der Waals surface area contributed by atoms with Crippen molar-refractivity contribution in [3.05, 3.63) is 88.7 Å². The molecule has 4 aromatic rings. The normalized spacial score (nSPS) is 10.7. The van der Waals surface area contributed by atoms with E-state index in [0.29, 0.717) is 16.7 Å². The van der Waals surface area contributed by atoms with Crippen LogP contribution < -0.4 is 5.32 Å². The molecule has 9 nitrogen and oxygen atoms in total. The SMILES string of the molecule is Cc1ccc(-n2c(SCC(=O)Nc3ccc([N+](=O)[O-])cc3)nnc2-c2cccnc2)cc1. The van der Waals surface area contributed by atoms with Crippen molar-refractivity contribution in [1.82, 2.24) is 19.7 Å². The van der Waals surface area contributed by atoms with Crippen molar-refractivity contribution in [2.75, 3.05) is 11.1 Å². The first-order chi connectivity index (χ1) is 15.5. The number of aromatic nitrogens is 4. The predicted octanol–water partition coefficient (Wildman–Crippen LogP) is 4.28. The van der Waals surface area contributed by atoms with Gasteiger partial charge in [-0.25, -0.2) is 0 Å². The van der Waals surface area contributed by atoms with E-state index < -0.39 is 4.92 Å². The van der Waals surface area contributed by atoms with E-state index >= 15 is 0 Å². The molecule has 2 aromatic carbocycles. The molecule has 0 saturated carbocycles. The Morgan fingerprint density at radius 2 is 1.84 bits per heavy atom. The fraction of sp³-hybridized carbons (Fsp3) is 0.0909. The number of rotatable bonds is 7. The van der Waals surface area contributed by atoms with Gasteiger partial charge in [0.15, 0.2) is 11.0 Å². The molecule has 32 heavy (non-hydrogen) atoms. The van der Waals surface area contributed by atoms with E-state index in [2.05, 4.69) is 20.5 Å². The number of carbonyl (C=O) groups excluding carboxylic acids is 1. The summed E-state index contributed by atoms with van der Waals surface area (Å²) in [6.07, 6.45) is 3.40. The number of nitro benzene ring substituents is 1. The van der Waals surface area contributed by atoms with Gasteiger partial charge < -0.3 is 5.32 Å². The van der Waals surface area contributed by atoms with Crippen molar-refractivity contribution in [2.24, 2.45) is 0 Å². The summed E-state index contributed by atoms with van der Waals surface area (Å²) in [7, 11) is 0. The highest BCUT2D eigenvalue weighted by Gasteiger charge is 2.17. The second-order valence-corrected chi connectivity index (χ2v) is 7.80. The number of anilines is 1. The minimum Gasteiger partial charge on any atom is -0.325 e. The Hall–Kier alpha value is -4.05. The van der Waals surface area contributed by atoms with Crippen LogP contribution in [0, 0.1) is 17.0 Å². The Bertz CT molecular complexity index is 1240. The van der Waals surface area contributed by atoms with E-state index in [4.69, 9.17) is 0 Å². The fourth-order valence-corrected chi connectivity index (χ4v) is 3.72. The number of nitro groups is 1. The molecule has 0 spiro atoms. The largest absolute Gasteiger partial charge is 0.325 e. The molecule has 0 aliphatic rings. The number of nitrogens with one attached hydrogen (secondary N) is 1. The molecule has 1 amide bonds. The maximum absolute atomic E-state index is 12.4. The number of aryl methyl sites for hydroxylation is 1. The number of pyridine rings is 1. The van der Waals surface area contributed by atoms with Crippen molar-refractivity contribution < 1.29 is 9.72 Å². The van der Waals surface area contributed by atoms with Gasteiger partial charge in [0.1, 0.15) is 0 Å². The maximum Gasteiger partial charge on any atom is 0.269 e. The summed E-state index contributed by atoms with van der Waals surface area (Å²) in [6.45, 7) is 2.01. The molecule has 0 saturated heterocycles. The Morgan fingerprint density at radius 3 is 2.50 bits per heavy atom. The Morgan fingerprint density at radius 1 is 1.09 bits per heavy atom. The zero-order chi connectivity index (χ0) is 22.5. The number of carbonyl (C=O) groups is 1. The third-order valence-corrected chi connectivity index (χ3v) is 5.47. The molecule has 10 heteroatoms. The van der Waals surface area contributed by atoms with Crippen molar-refractivity contribution in [3.63, 3.8) is 0 Å². The van der Waals surface area contributed by atoms with Crippen LogP contribution in [0.25, 0.3) is 17.1 Å². The van der Waals surface area contributed by atoms with E-state index in [0.717, 1.165) is 16.8 Å². The molecule has 0 bridgehead atoms. The molecule has 0 aliphatic heterocycles. The predicted molar refractivity (Wildman–Crippen MR) is 122 cm³/mol. The van der Waals surface area contributed by atoms with Crippen LogP contribution in [0.2, 0.25) is 0 Å². The summed E-state index contributed by atoms with van der Waals surface area (Å²) in [5.41, 5.74) is 3.26. The lowest BCUT2D eigenvalue weighted by atomic mass is 10.2. The Kier molecular flexibility index (Phi) is 6.22. The number of nitrogens with zero attached hydrogens (tertiary/aromatic N) is 5. The van der Waals surface area contributed by atoms with Gasteiger partial charge in [-0.3, -0.25) is 24.5 Å². The molecular formula is C22H18N6O3S. The second kappa shape index (κ2) is 9.40. The van der Waals surface area contributed by atoms with E-state index in [1.807, 2.05) is 47.9 Å². The van der Waals surface area contributed by atoms with Gasteiger partial charge in [-0.2, -0.15) is 0 Å². The van der Waals surface area contributed by atoms with Crippen molar-refractivity contribution in [3.8, 4) is 17.1 Å². The van der Waals surface area contributed by atoms with Gasteiger partial charge in [0, 0.05) is 41.5 Å². The summed E-state index contributed by atoms with van der Waals surface area (Å²) >= 11 is 1.25. The van der Waals surface area contributed by atoms with Crippen LogP contribution in [0.1, 0.15) is 5.56 Å². The van der Waals surface area contributed by atoms with Crippen molar-refractivity contribution in [2.45, 2.75) is 12.1 Å². The first kappa shape index (κ1) is 21.2. The van der Waals surface area contributed by atoms with Crippen molar-refractivity contribution >= 4 is 29.0 Å². The van der Waals surface area contributed by atoms with Crippen LogP contribution in [0.15, 0.2) is 78.2 Å². The van der Waals surface area contributed by atoms with Crippen molar-refractivity contribution in [1.29, 1.82) is 0 Å². The third kappa shape index (κ3) is 4.81. The van der Waals surface area contributed by atoms with Gasteiger partial charge in [-0.05, 0) is 43.3 Å². The Balaban J connectivity index is 1.54. The molecule has 1 N–H and O–H groups in total. The van der Waals surface area contributed by atoms with E-state index in [1.165, 1.54) is 36.0 Å². The van der Waals surface area contributed by atoms with E-state index in [1.54, 1.807) is 12.4 Å². The number of thioether (sulfide) groups is 1. The summed E-state index contributed by atoms with van der Waals surface area (Å²) in [5.74, 6) is 0.457.